The van der Waals surface area contributed by atoms with Gasteiger partial charge in [-0.15, -0.1) is 0 Å². The number of para-hydroxylation sites is 1. The molecule has 15 heavy (non-hydrogen) atoms. The fraction of sp³-hybridized carbons (Fsp3) is 0.333. The van der Waals surface area contributed by atoms with E-state index in [0.29, 0.717) is 5.75 Å². The second kappa shape index (κ2) is 5.82. The fourth-order valence-corrected chi connectivity index (χ4v) is 0.979. The van der Waals surface area contributed by atoms with Gasteiger partial charge in [0.15, 0.2) is 11.4 Å². The van der Waals surface area contributed by atoms with Crippen molar-refractivity contribution in [3.63, 3.8) is 0 Å². The molecular formula is C9H12N2O4. The van der Waals surface area contributed by atoms with Crippen LogP contribution in [-0.4, -0.2) is 34.4 Å². The van der Waals surface area contributed by atoms with Crippen molar-refractivity contribution in [2.24, 2.45) is 5.28 Å². The predicted octanol–water partition coefficient (Wildman–Crippen LogP) is 0.778. The second-order valence-electron chi connectivity index (χ2n) is 2.90. The molecule has 0 radical (unpaired) electrons. The molecule has 0 fully saturated rings. The smallest absolute Gasteiger partial charge is 0.213 e. The van der Waals surface area contributed by atoms with E-state index in [1.165, 1.54) is 0 Å². The molecule has 0 amide bonds. The van der Waals surface area contributed by atoms with Crippen molar-refractivity contribution in [1.82, 2.24) is 0 Å². The van der Waals surface area contributed by atoms with Crippen LogP contribution in [0.2, 0.25) is 0 Å². The van der Waals surface area contributed by atoms with E-state index in [2.05, 4.69) is 5.28 Å². The lowest BCUT2D eigenvalue weighted by Gasteiger charge is -2.09. The van der Waals surface area contributed by atoms with Crippen molar-refractivity contribution < 1.29 is 19.9 Å². The Morgan fingerprint density at radius 1 is 1.40 bits per heavy atom. The Kier molecular flexibility index (Phi) is 4.36. The summed E-state index contributed by atoms with van der Waals surface area (Å²) in [6, 6.07) is 8.90. The molecule has 0 aliphatic rings. The molecule has 1 rings (SSSR count). The lowest BCUT2D eigenvalue weighted by Crippen LogP contribution is -2.26. The summed E-state index contributed by atoms with van der Waals surface area (Å²) in [5.74, 6) is 0.606. The molecule has 1 unspecified atom stereocenters. The maximum absolute atomic E-state index is 10.5. The molecule has 1 aromatic rings. The fourth-order valence-electron chi connectivity index (χ4n) is 0.979. The third-order valence-electron chi connectivity index (χ3n) is 1.65. The van der Waals surface area contributed by atoms with Crippen LogP contribution in [0, 0.1) is 5.21 Å². The average molecular weight is 212 g/mol. The SMILES string of the molecule is [O-][N+](CC(O)COc1ccccc1)=NO. The van der Waals surface area contributed by atoms with Crippen LogP contribution in [0.3, 0.4) is 0 Å². The summed E-state index contributed by atoms with van der Waals surface area (Å²) in [6.45, 7) is -0.360. The first kappa shape index (κ1) is 11.3. The zero-order chi connectivity index (χ0) is 11.1. The van der Waals surface area contributed by atoms with Gasteiger partial charge in [0.1, 0.15) is 12.4 Å². The summed E-state index contributed by atoms with van der Waals surface area (Å²) in [5.41, 5.74) is 0. The number of aliphatic hydroxyl groups is 1. The number of ether oxygens (including phenoxy) is 1. The van der Waals surface area contributed by atoms with Gasteiger partial charge in [0.25, 0.3) is 0 Å². The molecule has 0 aromatic heterocycles. The molecule has 0 aliphatic carbocycles. The summed E-state index contributed by atoms with van der Waals surface area (Å²) in [6.07, 6.45) is -1.00. The number of hydrogen-bond acceptors (Lipinski definition) is 4. The minimum absolute atomic E-state index is 0.0149. The maximum Gasteiger partial charge on any atom is 0.213 e. The second-order valence-corrected chi connectivity index (χ2v) is 2.90. The third-order valence-corrected chi connectivity index (χ3v) is 1.65. The molecule has 0 saturated heterocycles. The highest BCUT2D eigenvalue weighted by molar-refractivity contribution is 5.20. The minimum atomic E-state index is -1.00. The number of hydroxylamine groups is 1. The Labute approximate surface area is 86.6 Å². The number of nitrogens with zero attached hydrogens (tertiary/aromatic N) is 2. The van der Waals surface area contributed by atoms with Crippen LogP contribution in [-0.2, 0) is 0 Å². The summed E-state index contributed by atoms with van der Waals surface area (Å²) in [7, 11) is 0. The van der Waals surface area contributed by atoms with E-state index in [-0.39, 0.29) is 18.0 Å². The van der Waals surface area contributed by atoms with E-state index in [4.69, 9.17) is 9.94 Å². The Morgan fingerprint density at radius 3 is 2.67 bits per heavy atom. The van der Waals surface area contributed by atoms with Gasteiger partial charge in [0.05, 0.1) is 0 Å². The normalized spacial score (nSPS) is 13.5. The minimum Gasteiger partial charge on any atom is -0.597 e. The summed E-state index contributed by atoms with van der Waals surface area (Å²) in [5, 5.41) is 30.2. The van der Waals surface area contributed by atoms with Crippen molar-refractivity contribution >= 4 is 0 Å². The van der Waals surface area contributed by atoms with Gasteiger partial charge in [-0.25, -0.2) is 0 Å². The van der Waals surface area contributed by atoms with Gasteiger partial charge in [0.2, 0.25) is 6.54 Å². The highest BCUT2D eigenvalue weighted by Crippen LogP contribution is 2.08. The first-order valence-electron chi connectivity index (χ1n) is 4.38. The van der Waals surface area contributed by atoms with Crippen molar-refractivity contribution in [1.29, 1.82) is 0 Å². The Bertz CT molecular complexity index is 315. The van der Waals surface area contributed by atoms with Crippen molar-refractivity contribution in [3.8, 4) is 5.75 Å². The van der Waals surface area contributed by atoms with E-state index >= 15 is 0 Å². The Balaban J connectivity index is 2.31. The number of rotatable bonds is 5. The quantitative estimate of drug-likeness (QED) is 0.429. The molecule has 0 heterocycles. The van der Waals surface area contributed by atoms with Crippen LogP contribution < -0.4 is 4.74 Å². The van der Waals surface area contributed by atoms with E-state index in [0.717, 1.165) is 0 Å². The van der Waals surface area contributed by atoms with Gasteiger partial charge in [-0.1, -0.05) is 23.1 Å². The van der Waals surface area contributed by atoms with Gasteiger partial charge in [-0.3, -0.25) is 0 Å². The van der Waals surface area contributed by atoms with Crippen LogP contribution in [0.25, 0.3) is 0 Å². The highest BCUT2D eigenvalue weighted by Gasteiger charge is 2.11. The zero-order valence-corrected chi connectivity index (χ0v) is 7.98. The molecule has 0 saturated carbocycles. The summed E-state index contributed by atoms with van der Waals surface area (Å²) < 4.78 is 5.17. The molecule has 6 nitrogen and oxygen atoms in total. The first-order valence-corrected chi connectivity index (χ1v) is 4.38. The topological polar surface area (TPSA) is 88.1 Å². The van der Waals surface area contributed by atoms with Gasteiger partial charge >= 0.3 is 0 Å². The lowest BCUT2D eigenvalue weighted by molar-refractivity contribution is -0.563. The predicted molar refractivity (Wildman–Crippen MR) is 50.7 cm³/mol. The van der Waals surface area contributed by atoms with Gasteiger partial charge in [-0.05, 0) is 12.1 Å². The standard InChI is InChI=1S/C9H12N2O4/c12-8(6-11(14)10-13)7-15-9-4-2-1-3-5-9/h1-5,8,12-13H,6-7H2. The maximum atomic E-state index is 10.5. The molecule has 0 aliphatic heterocycles. The molecular weight excluding hydrogens is 200 g/mol. The number of hydrogen-bond donors (Lipinski definition) is 2. The van der Waals surface area contributed by atoms with E-state index < -0.39 is 6.10 Å². The van der Waals surface area contributed by atoms with Crippen LogP contribution in [0.15, 0.2) is 35.6 Å². The third kappa shape index (κ3) is 4.28. The van der Waals surface area contributed by atoms with Gasteiger partial charge in [0, 0.05) is 0 Å². The average Bonchev–Trinajstić information content (AvgIpc) is 2.27. The molecule has 0 bridgehead atoms. The number of aliphatic hydroxyl groups excluding tert-OH is 1. The van der Waals surface area contributed by atoms with E-state index in [9.17, 15) is 10.3 Å². The summed E-state index contributed by atoms with van der Waals surface area (Å²) >= 11 is 0. The van der Waals surface area contributed by atoms with Crippen molar-refractivity contribution in [3.05, 3.63) is 35.5 Å². The number of benzene rings is 1. The Morgan fingerprint density at radius 2 is 2.07 bits per heavy atom. The van der Waals surface area contributed by atoms with Crippen LogP contribution in [0.1, 0.15) is 0 Å². The van der Waals surface area contributed by atoms with E-state index in [1.54, 1.807) is 24.3 Å². The molecule has 2 N–H and O–H groups in total. The van der Waals surface area contributed by atoms with Crippen molar-refractivity contribution in [2.75, 3.05) is 13.2 Å². The zero-order valence-electron chi connectivity index (χ0n) is 7.98. The van der Waals surface area contributed by atoms with E-state index in [1.807, 2.05) is 6.07 Å². The van der Waals surface area contributed by atoms with Crippen LogP contribution in [0.5, 0.6) is 5.75 Å². The largest absolute Gasteiger partial charge is 0.597 e. The summed E-state index contributed by atoms with van der Waals surface area (Å²) in [4.78, 5) is -0.0149. The molecule has 1 atom stereocenters. The van der Waals surface area contributed by atoms with Crippen LogP contribution in [0.4, 0.5) is 0 Å². The highest BCUT2D eigenvalue weighted by atomic mass is 16.6. The Hall–Kier alpha value is -1.82. The first-order chi connectivity index (χ1) is 7.22. The lowest BCUT2D eigenvalue weighted by atomic mass is 10.3. The molecule has 1 aromatic carbocycles. The molecule has 82 valence electrons. The monoisotopic (exact) mass is 212 g/mol. The van der Waals surface area contributed by atoms with Gasteiger partial charge < -0.3 is 20.3 Å². The van der Waals surface area contributed by atoms with Crippen LogP contribution >= 0.6 is 0 Å². The van der Waals surface area contributed by atoms with Crippen molar-refractivity contribution in [2.45, 2.75) is 6.10 Å². The molecule has 6 heteroatoms. The molecule has 0 spiro atoms. The van der Waals surface area contributed by atoms with Gasteiger partial charge in [-0.2, -0.15) is 0 Å².